The van der Waals surface area contributed by atoms with Gasteiger partial charge in [-0.15, -0.1) is 0 Å². The van der Waals surface area contributed by atoms with Gasteiger partial charge in [-0.3, -0.25) is 23.9 Å². The van der Waals surface area contributed by atoms with Crippen molar-refractivity contribution in [2.75, 3.05) is 19.6 Å². The fourth-order valence-corrected chi connectivity index (χ4v) is 4.98. The molecule has 2 bridgehead atoms. The molecular weight excluding hydrogens is 512 g/mol. The Labute approximate surface area is 235 Å². The average Bonchev–Trinajstić information content (AvgIpc) is 3.13. The summed E-state index contributed by atoms with van der Waals surface area (Å²) in [7, 11) is 1.86. The van der Waals surface area contributed by atoms with Crippen LogP contribution in [-0.4, -0.2) is 81.2 Å². The number of carbonyl (C=O) groups is 4. The maximum absolute atomic E-state index is 13.3. The summed E-state index contributed by atoms with van der Waals surface area (Å²) in [4.78, 5) is 53.7. The lowest BCUT2D eigenvalue weighted by Crippen LogP contribution is -2.56. The first-order valence-electron chi connectivity index (χ1n) is 13.8. The molecule has 2 heterocycles. The molecule has 0 spiro atoms. The van der Waals surface area contributed by atoms with Crippen molar-refractivity contribution >= 4 is 23.6 Å². The molecule has 0 aliphatic carbocycles. The molecule has 4 N–H and O–H groups in total. The number of benzene rings is 1. The Balaban J connectivity index is 1.81. The molecule has 1 aromatic carbocycles. The quantitative estimate of drug-likeness (QED) is 0.441. The fraction of sp³-hybridized carbons (Fsp3) is 0.552. The van der Waals surface area contributed by atoms with E-state index in [1.807, 2.05) is 33.9 Å². The number of carbonyl (C=O) groups excluding carboxylic acids is 4. The SMILES string of the molecule is Cc1ccc2cc1CCCNC(=O)CN(C(=O)CCc1c(C)nn(C)c1C)C[C@@H](C)NC(=O)[C@H]([C@@H](C)O)NC2=O. The molecule has 3 atom stereocenters. The number of hydrogen-bond acceptors (Lipinski definition) is 6. The first-order chi connectivity index (χ1) is 18.9. The van der Waals surface area contributed by atoms with Crippen LogP contribution in [0.3, 0.4) is 0 Å². The zero-order valence-corrected chi connectivity index (χ0v) is 24.3. The monoisotopic (exact) mass is 554 g/mol. The first-order valence-corrected chi connectivity index (χ1v) is 13.8. The Morgan fingerprint density at radius 3 is 2.55 bits per heavy atom. The Morgan fingerprint density at radius 2 is 1.90 bits per heavy atom. The van der Waals surface area contributed by atoms with Crippen LogP contribution in [0.5, 0.6) is 0 Å². The van der Waals surface area contributed by atoms with Crippen LogP contribution in [0.1, 0.15) is 65.1 Å². The highest BCUT2D eigenvalue weighted by atomic mass is 16.3. The van der Waals surface area contributed by atoms with E-state index in [0.29, 0.717) is 31.4 Å². The number of fused-ring (bicyclic) bond motifs is 2. The van der Waals surface area contributed by atoms with Crippen LogP contribution >= 0.6 is 0 Å². The Bertz CT molecular complexity index is 1250. The summed E-state index contributed by atoms with van der Waals surface area (Å²) in [5.41, 5.74) is 5.20. The van der Waals surface area contributed by atoms with Gasteiger partial charge in [0.2, 0.25) is 17.7 Å². The van der Waals surface area contributed by atoms with Crippen LogP contribution in [-0.2, 0) is 34.3 Å². The molecule has 1 aromatic heterocycles. The van der Waals surface area contributed by atoms with E-state index in [9.17, 15) is 24.3 Å². The van der Waals surface area contributed by atoms with Crippen molar-refractivity contribution in [1.82, 2.24) is 30.6 Å². The minimum absolute atomic E-state index is 0.0868. The van der Waals surface area contributed by atoms with Crippen LogP contribution in [0.25, 0.3) is 0 Å². The van der Waals surface area contributed by atoms with Crippen molar-refractivity contribution in [3.05, 3.63) is 51.8 Å². The lowest BCUT2D eigenvalue weighted by atomic mass is 10.00. The lowest BCUT2D eigenvalue weighted by Gasteiger charge is -2.28. The number of nitrogens with one attached hydrogen (secondary N) is 3. The van der Waals surface area contributed by atoms with Crippen LogP contribution in [0.15, 0.2) is 18.2 Å². The van der Waals surface area contributed by atoms with Gasteiger partial charge in [-0.05, 0) is 82.7 Å². The first kappa shape index (κ1) is 30.8. The molecule has 0 saturated carbocycles. The number of hydrogen-bond donors (Lipinski definition) is 4. The summed E-state index contributed by atoms with van der Waals surface area (Å²) in [6.45, 7) is 9.31. The van der Waals surface area contributed by atoms with E-state index in [2.05, 4.69) is 21.0 Å². The third kappa shape index (κ3) is 7.91. The fourth-order valence-electron chi connectivity index (χ4n) is 4.98. The lowest BCUT2D eigenvalue weighted by molar-refractivity contribution is -0.136. The van der Waals surface area contributed by atoms with Crippen LogP contribution in [0.2, 0.25) is 0 Å². The number of amides is 4. The van der Waals surface area contributed by atoms with E-state index in [0.717, 1.165) is 28.1 Å². The number of aliphatic hydroxyl groups is 1. The highest BCUT2D eigenvalue weighted by Crippen LogP contribution is 2.16. The molecule has 40 heavy (non-hydrogen) atoms. The number of aromatic nitrogens is 2. The van der Waals surface area contributed by atoms with Gasteiger partial charge in [0.05, 0.1) is 18.3 Å². The van der Waals surface area contributed by atoms with E-state index in [1.165, 1.54) is 11.8 Å². The number of rotatable bonds is 4. The topological polar surface area (TPSA) is 146 Å². The molecule has 11 heteroatoms. The zero-order valence-electron chi connectivity index (χ0n) is 24.3. The average molecular weight is 555 g/mol. The molecule has 0 fully saturated rings. The molecule has 4 amide bonds. The molecule has 1 aliphatic rings. The summed E-state index contributed by atoms with van der Waals surface area (Å²) in [5.74, 6) is -1.55. The largest absolute Gasteiger partial charge is 0.391 e. The highest BCUT2D eigenvalue weighted by Gasteiger charge is 2.29. The van der Waals surface area contributed by atoms with Crippen molar-refractivity contribution in [2.24, 2.45) is 7.05 Å². The predicted molar refractivity (Wildman–Crippen MR) is 151 cm³/mol. The maximum Gasteiger partial charge on any atom is 0.252 e. The van der Waals surface area contributed by atoms with Crippen LogP contribution in [0.4, 0.5) is 0 Å². The third-order valence-electron chi connectivity index (χ3n) is 7.43. The zero-order chi connectivity index (χ0) is 29.6. The third-order valence-corrected chi connectivity index (χ3v) is 7.43. The Kier molecular flexibility index (Phi) is 10.4. The predicted octanol–water partition coefficient (Wildman–Crippen LogP) is 0.853. The second-order valence-corrected chi connectivity index (χ2v) is 10.7. The van der Waals surface area contributed by atoms with E-state index in [1.54, 1.807) is 23.7 Å². The molecule has 0 saturated heterocycles. The Morgan fingerprint density at radius 1 is 1.18 bits per heavy atom. The number of aliphatic hydroxyl groups excluding tert-OH is 1. The van der Waals surface area contributed by atoms with Gasteiger partial charge in [0.1, 0.15) is 6.04 Å². The second kappa shape index (κ2) is 13.6. The molecule has 0 unspecified atom stereocenters. The molecule has 0 radical (unpaired) electrons. The number of aryl methyl sites for hydroxylation is 4. The maximum atomic E-state index is 13.3. The van der Waals surface area contributed by atoms with Crippen LogP contribution in [0, 0.1) is 20.8 Å². The van der Waals surface area contributed by atoms with E-state index in [4.69, 9.17) is 0 Å². The normalized spacial score (nSPS) is 20.3. The summed E-state index contributed by atoms with van der Waals surface area (Å²) < 4.78 is 1.78. The van der Waals surface area contributed by atoms with E-state index < -0.39 is 30.0 Å². The highest BCUT2D eigenvalue weighted by molar-refractivity contribution is 5.98. The van der Waals surface area contributed by atoms with Gasteiger partial charge in [-0.1, -0.05) is 6.07 Å². The van der Waals surface area contributed by atoms with Crippen molar-refractivity contribution in [3.63, 3.8) is 0 Å². The summed E-state index contributed by atoms with van der Waals surface area (Å²) in [6, 6.07) is 3.55. The van der Waals surface area contributed by atoms with E-state index >= 15 is 0 Å². The molecule has 2 aromatic rings. The molecule has 1 aliphatic heterocycles. The second-order valence-electron chi connectivity index (χ2n) is 10.7. The molecule has 11 nitrogen and oxygen atoms in total. The van der Waals surface area contributed by atoms with Crippen molar-refractivity contribution in [3.8, 4) is 0 Å². The summed E-state index contributed by atoms with van der Waals surface area (Å²) >= 11 is 0. The van der Waals surface area contributed by atoms with Crippen molar-refractivity contribution in [2.45, 2.75) is 78.5 Å². The van der Waals surface area contributed by atoms with Gasteiger partial charge in [0.15, 0.2) is 0 Å². The molecular formula is C29H42N6O5. The van der Waals surface area contributed by atoms with Gasteiger partial charge in [0, 0.05) is 43.9 Å². The minimum atomic E-state index is -1.20. The Hall–Kier alpha value is -3.73. The van der Waals surface area contributed by atoms with E-state index in [-0.39, 0.29) is 31.3 Å². The van der Waals surface area contributed by atoms with Crippen LogP contribution < -0.4 is 16.0 Å². The van der Waals surface area contributed by atoms with Gasteiger partial charge < -0.3 is 26.0 Å². The van der Waals surface area contributed by atoms with Gasteiger partial charge in [0.25, 0.3) is 5.91 Å². The summed E-state index contributed by atoms with van der Waals surface area (Å²) in [5, 5.41) is 23.0. The standard InChI is InChI=1S/C29H42N6O5/c1-17-9-10-23-14-22(17)8-7-13-30-25(37)16-35(26(38)12-11-24-19(3)33-34(6)20(24)4)15-18(2)31-29(40)27(21(5)36)32-28(23)39/h9-10,14,18,21,27,36H,7-8,11-13,15-16H2,1-6H3,(H,30,37)(H,31,40)(H,32,39)/t18-,21-,27+/m1/s1. The summed E-state index contributed by atoms with van der Waals surface area (Å²) in [6.07, 6.45) is 0.798. The molecule has 218 valence electrons. The molecule has 3 rings (SSSR count). The van der Waals surface area contributed by atoms with Crippen molar-refractivity contribution in [1.29, 1.82) is 0 Å². The van der Waals surface area contributed by atoms with Crippen molar-refractivity contribution < 1.29 is 24.3 Å². The van der Waals surface area contributed by atoms with Gasteiger partial charge >= 0.3 is 0 Å². The van der Waals surface area contributed by atoms with Gasteiger partial charge in [-0.25, -0.2) is 0 Å². The smallest absolute Gasteiger partial charge is 0.252 e. The minimum Gasteiger partial charge on any atom is -0.391 e. The number of nitrogens with zero attached hydrogens (tertiary/aromatic N) is 3. The van der Waals surface area contributed by atoms with Gasteiger partial charge in [-0.2, -0.15) is 5.10 Å².